The fraction of sp³-hybridized carbons (Fsp3) is 0.0556. The maximum absolute atomic E-state index is 12.6. The molecule has 1 aliphatic rings. The zero-order valence-electron chi connectivity index (χ0n) is 12.0. The Morgan fingerprint density at radius 1 is 1.00 bits per heavy atom. The Bertz CT molecular complexity index is 827. The third-order valence-corrected chi connectivity index (χ3v) is 3.79. The van der Waals surface area contributed by atoms with Gasteiger partial charge in [0.1, 0.15) is 5.88 Å². The van der Waals surface area contributed by atoms with Gasteiger partial charge in [0.2, 0.25) is 5.91 Å². The molecule has 0 N–H and O–H groups in total. The van der Waals surface area contributed by atoms with Crippen LogP contribution in [0.1, 0.15) is 15.9 Å². The highest BCUT2D eigenvalue weighted by atomic mass is 35.5. The van der Waals surface area contributed by atoms with Gasteiger partial charge in [-0.3, -0.25) is 14.4 Å². The Balaban J connectivity index is 2.07. The van der Waals surface area contributed by atoms with Gasteiger partial charge in [-0.25, -0.2) is 4.90 Å². The largest absolute Gasteiger partial charge is 0.289 e. The lowest BCUT2D eigenvalue weighted by Crippen LogP contribution is -2.34. The van der Waals surface area contributed by atoms with Crippen molar-refractivity contribution in [3.8, 4) is 0 Å². The summed E-state index contributed by atoms with van der Waals surface area (Å²) in [5.41, 5.74) is 1.69. The fourth-order valence-electron chi connectivity index (χ4n) is 2.51. The maximum atomic E-state index is 12.6. The first kappa shape index (κ1) is 15.2. The topological polar surface area (TPSA) is 54.5 Å². The molecule has 0 radical (unpaired) electrons. The van der Waals surface area contributed by atoms with Gasteiger partial charge < -0.3 is 0 Å². The Labute approximate surface area is 138 Å². The first-order valence-electron chi connectivity index (χ1n) is 6.97. The van der Waals surface area contributed by atoms with Gasteiger partial charge >= 0.3 is 0 Å². The van der Waals surface area contributed by atoms with Crippen molar-refractivity contribution in [3.05, 3.63) is 71.8 Å². The molecule has 0 aromatic heterocycles. The van der Waals surface area contributed by atoms with Crippen LogP contribution in [0.2, 0.25) is 0 Å². The molecule has 0 spiro atoms. The van der Waals surface area contributed by atoms with E-state index < -0.39 is 11.8 Å². The van der Waals surface area contributed by atoms with Crippen molar-refractivity contribution in [2.24, 2.45) is 0 Å². The minimum absolute atomic E-state index is 0.202. The molecule has 1 aliphatic heterocycles. The maximum Gasteiger partial charge on any atom is 0.265 e. The number of benzene rings is 2. The number of imide groups is 1. The van der Waals surface area contributed by atoms with Gasteiger partial charge in [-0.2, -0.15) is 0 Å². The van der Waals surface area contributed by atoms with Crippen LogP contribution in [0.15, 0.2) is 60.7 Å². The van der Waals surface area contributed by atoms with Crippen LogP contribution in [0.25, 0.3) is 5.57 Å². The number of carbonyl (C=O) groups is 3. The number of allylic oxidation sites excluding steroid dienone is 1. The van der Waals surface area contributed by atoms with E-state index in [1.807, 2.05) is 0 Å². The Morgan fingerprint density at radius 3 is 2.35 bits per heavy atom. The van der Waals surface area contributed by atoms with Crippen molar-refractivity contribution in [1.82, 2.24) is 0 Å². The molecule has 0 fully saturated rings. The number of alkyl halides is 1. The smallest absolute Gasteiger partial charge is 0.265 e. The summed E-state index contributed by atoms with van der Waals surface area (Å²) in [7, 11) is 0. The predicted octanol–water partition coefficient (Wildman–Crippen LogP) is 3.06. The van der Waals surface area contributed by atoms with Crippen molar-refractivity contribution >= 4 is 40.5 Å². The van der Waals surface area contributed by atoms with Crippen molar-refractivity contribution in [1.29, 1.82) is 0 Å². The van der Waals surface area contributed by atoms with Gasteiger partial charge in [-0.05, 0) is 12.1 Å². The summed E-state index contributed by atoms with van der Waals surface area (Å²) in [6.07, 6.45) is 1.28. The molecule has 2 amide bonds. The van der Waals surface area contributed by atoms with Gasteiger partial charge in [0.05, 0.1) is 11.3 Å². The quantitative estimate of drug-likeness (QED) is 0.495. The Morgan fingerprint density at radius 2 is 1.65 bits per heavy atom. The number of hydrogen-bond acceptors (Lipinski definition) is 3. The second-order valence-corrected chi connectivity index (χ2v) is 5.24. The molecular formula is C18H12ClNO3. The number of nitrogens with zero attached hydrogens (tertiary/aromatic N) is 1. The van der Waals surface area contributed by atoms with Crippen molar-refractivity contribution in [2.45, 2.75) is 0 Å². The SMILES string of the molecule is O=C(/C=C1\C(=O)N(C(=O)CCl)c2ccccc21)c1ccccc1. The highest BCUT2D eigenvalue weighted by Crippen LogP contribution is 2.36. The predicted molar refractivity (Wildman–Crippen MR) is 88.4 cm³/mol. The monoisotopic (exact) mass is 325 g/mol. The summed E-state index contributed by atoms with van der Waals surface area (Å²) >= 11 is 5.58. The molecule has 0 saturated heterocycles. The average molecular weight is 326 g/mol. The van der Waals surface area contributed by atoms with Gasteiger partial charge in [0.15, 0.2) is 5.78 Å². The molecule has 4 nitrogen and oxygen atoms in total. The summed E-state index contributed by atoms with van der Waals surface area (Å²) in [4.78, 5) is 37.9. The molecule has 5 heteroatoms. The number of amides is 2. The van der Waals surface area contributed by atoms with Crippen molar-refractivity contribution < 1.29 is 14.4 Å². The lowest BCUT2D eigenvalue weighted by molar-refractivity contribution is -0.122. The van der Waals surface area contributed by atoms with E-state index in [0.717, 1.165) is 4.90 Å². The van der Waals surface area contributed by atoms with E-state index in [1.165, 1.54) is 6.08 Å². The summed E-state index contributed by atoms with van der Waals surface area (Å²) in [6, 6.07) is 15.5. The number of hydrogen-bond donors (Lipinski definition) is 0. The van der Waals surface area contributed by atoms with Gasteiger partial charge in [-0.15, -0.1) is 11.6 Å². The standard InChI is InChI=1S/C18H12ClNO3/c19-11-17(22)20-15-9-5-4-8-13(15)14(18(20)23)10-16(21)12-6-2-1-3-7-12/h1-10H,11H2/b14-10-. The average Bonchev–Trinajstić information content (AvgIpc) is 2.87. The zero-order valence-corrected chi connectivity index (χ0v) is 12.8. The third-order valence-electron chi connectivity index (χ3n) is 3.57. The zero-order chi connectivity index (χ0) is 16.4. The van der Waals surface area contributed by atoms with Gasteiger partial charge in [0.25, 0.3) is 5.91 Å². The molecule has 0 saturated carbocycles. The van der Waals surface area contributed by atoms with Crippen molar-refractivity contribution in [3.63, 3.8) is 0 Å². The van der Waals surface area contributed by atoms with E-state index >= 15 is 0 Å². The second-order valence-electron chi connectivity index (χ2n) is 4.97. The number of para-hydroxylation sites is 1. The first-order valence-corrected chi connectivity index (χ1v) is 7.50. The summed E-state index contributed by atoms with van der Waals surface area (Å²) < 4.78 is 0. The lowest BCUT2D eigenvalue weighted by Gasteiger charge is -2.12. The van der Waals surface area contributed by atoms with E-state index in [-0.39, 0.29) is 17.2 Å². The van der Waals surface area contributed by atoms with E-state index in [1.54, 1.807) is 54.6 Å². The molecule has 23 heavy (non-hydrogen) atoms. The highest BCUT2D eigenvalue weighted by Gasteiger charge is 2.36. The van der Waals surface area contributed by atoms with Crippen molar-refractivity contribution in [2.75, 3.05) is 10.8 Å². The molecule has 0 unspecified atom stereocenters. The Kier molecular flexibility index (Phi) is 4.08. The minimum atomic E-state index is -0.527. The minimum Gasteiger partial charge on any atom is -0.289 e. The number of rotatable bonds is 3. The molecule has 0 atom stereocenters. The molecular weight excluding hydrogens is 314 g/mol. The normalized spacial score (nSPS) is 14.9. The summed E-state index contributed by atoms with van der Waals surface area (Å²) in [6.45, 7) is 0. The fourth-order valence-corrected chi connectivity index (χ4v) is 2.62. The second kappa shape index (κ2) is 6.18. The van der Waals surface area contributed by atoms with Gasteiger partial charge in [-0.1, -0.05) is 48.5 Å². The number of fused-ring (bicyclic) bond motifs is 1. The molecule has 2 aromatic rings. The molecule has 3 rings (SSSR count). The van der Waals surface area contributed by atoms with E-state index in [4.69, 9.17) is 11.6 Å². The van der Waals surface area contributed by atoms with Crippen LogP contribution < -0.4 is 4.90 Å². The molecule has 2 aromatic carbocycles. The van der Waals surface area contributed by atoms with Crippen LogP contribution >= 0.6 is 11.6 Å². The highest BCUT2D eigenvalue weighted by molar-refractivity contribution is 6.44. The molecule has 114 valence electrons. The molecule has 0 aliphatic carbocycles. The van der Waals surface area contributed by atoms with Crippen LogP contribution in [0.5, 0.6) is 0 Å². The third kappa shape index (κ3) is 2.69. The number of anilines is 1. The summed E-state index contributed by atoms with van der Waals surface area (Å²) in [5.74, 6) is -1.63. The molecule has 1 heterocycles. The number of halogens is 1. The number of carbonyl (C=O) groups excluding carboxylic acids is 3. The van der Waals surface area contributed by atoms with Crippen LogP contribution in [0, 0.1) is 0 Å². The van der Waals surface area contributed by atoms with Crippen LogP contribution in [0.3, 0.4) is 0 Å². The van der Waals surface area contributed by atoms with Gasteiger partial charge in [0, 0.05) is 11.1 Å². The number of ketones is 1. The Hall–Kier alpha value is -2.72. The summed E-state index contributed by atoms with van der Waals surface area (Å²) in [5, 5.41) is 0. The van der Waals surface area contributed by atoms with Crippen LogP contribution in [0.4, 0.5) is 5.69 Å². The lowest BCUT2D eigenvalue weighted by atomic mass is 10.0. The van der Waals surface area contributed by atoms with Crippen LogP contribution in [-0.4, -0.2) is 23.5 Å². The van der Waals surface area contributed by atoms with E-state index in [0.29, 0.717) is 16.8 Å². The van der Waals surface area contributed by atoms with E-state index in [2.05, 4.69) is 0 Å². The first-order chi connectivity index (χ1) is 11.1. The van der Waals surface area contributed by atoms with E-state index in [9.17, 15) is 14.4 Å². The molecule has 0 bridgehead atoms. The van der Waals surface area contributed by atoms with Crippen LogP contribution in [-0.2, 0) is 9.59 Å².